The molecular weight excluding hydrogens is 308 g/mol. The number of para-hydroxylation sites is 2. The van der Waals surface area contributed by atoms with Gasteiger partial charge in [-0.25, -0.2) is 0 Å². The van der Waals surface area contributed by atoms with Gasteiger partial charge in [-0.05, 0) is 18.7 Å². The Morgan fingerprint density at radius 2 is 2.00 bits per heavy atom. The van der Waals surface area contributed by atoms with Crippen LogP contribution in [0.15, 0.2) is 24.3 Å². The number of rotatable bonds is 9. The van der Waals surface area contributed by atoms with Gasteiger partial charge in [-0.1, -0.05) is 19.1 Å². The maximum Gasteiger partial charge on any atom is 0.238 e. The van der Waals surface area contributed by atoms with Crippen molar-refractivity contribution >= 4 is 17.5 Å². The van der Waals surface area contributed by atoms with E-state index >= 15 is 0 Å². The number of ether oxygens (including phenoxy) is 1. The Labute approximate surface area is 142 Å². The van der Waals surface area contributed by atoms with E-state index in [0.717, 1.165) is 0 Å². The molecule has 1 rings (SSSR count). The molecule has 0 aliphatic heterocycles. The van der Waals surface area contributed by atoms with Gasteiger partial charge in [0.25, 0.3) is 0 Å². The summed E-state index contributed by atoms with van der Waals surface area (Å²) >= 11 is 0. The van der Waals surface area contributed by atoms with E-state index in [2.05, 4.69) is 5.32 Å². The van der Waals surface area contributed by atoms with Crippen LogP contribution in [0, 0.1) is 11.3 Å². The van der Waals surface area contributed by atoms with Crippen LogP contribution >= 0.6 is 0 Å². The number of nitriles is 1. The van der Waals surface area contributed by atoms with Gasteiger partial charge in [0, 0.05) is 13.6 Å². The second kappa shape index (κ2) is 10.2. The molecule has 7 nitrogen and oxygen atoms in total. The highest BCUT2D eigenvalue weighted by molar-refractivity contribution is 5.94. The highest BCUT2D eigenvalue weighted by Gasteiger charge is 2.16. The van der Waals surface area contributed by atoms with Crippen LogP contribution in [-0.2, 0) is 9.59 Å². The molecule has 130 valence electrons. The minimum absolute atomic E-state index is 0.104. The molecular formula is C17H24N4O3. The van der Waals surface area contributed by atoms with Gasteiger partial charge in [0.2, 0.25) is 11.8 Å². The lowest BCUT2D eigenvalue weighted by atomic mass is 10.3. The second-order valence-corrected chi connectivity index (χ2v) is 5.28. The van der Waals surface area contributed by atoms with E-state index in [0.29, 0.717) is 30.9 Å². The normalized spacial score (nSPS) is 10.1. The molecule has 24 heavy (non-hydrogen) atoms. The fourth-order valence-corrected chi connectivity index (χ4v) is 2.07. The molecule has 0 bridgehead atoms. The van der Waals surface area contributed by atoms with E-state index in [4.69, 9.17) is 10.00 Å². The molecule has 0 saturated heterocycles. The van der Waals surface area contributed by atoms with E-state index in [1.807, 2.05) is 25.1 Å². The quantitative estimate of drug-likeness (QED) is 0.737. The summed E-state index contributed by atoms with van der Waals surface area (Å²) < 4.78 is 5.20. The van der Waals surface area contributed by atoms with Crippen molar-refractivity contribution in [3.63, 3.8) is 0 Å². The lowest BCUT2D eigenvalue weighted by molar-refractivity contribution is -0.131. The van der Waals surface area contributed by atoms with Crippen LogP contribution < -0.4 is 10.1 Å². The summed E-state index contributed by atoms with van der Waals surface area (Å²) in [6.07, 6.45) is 0.294. The first-order valence-electron chi connectivity index (χ1n) is 7.78. The number of likely N-dealkylation sites (N-methyl/N-ethyl adjacent to an activating group) is 2. The Kier molecular flexibility index (Phi) is 8.30. The Hall–Kier alpha value is -2.59. The summed E-state index contributed by atoms with van der Waals surface area (Å²) in [6, 6.07) is 9.16. The molecule has 1 N–H and O–H groups in total. The topological polar surface area (TPSA) is 85.7 Å². The maximum absolute atomic E-state index is 12.2. The smallest absolute Gasteiger partial charge is 0.238 e. The number of benzene rings is 1. The molecule has 1 aromatic rings. The van der Waals surface area contributed by atoms with Gasteiger partial charge in [0.15, 0.2) is 0 Å². The van der Waals surface area contributed by atoms with Gasteiger partial charge in [-0.15, -0.1) is 0 Å². The minimum atomic E-state index is -0.214. The fourth-order valence-electron chi connectivity index (χ4n) is 2.07. The molecule has 0 aliphatic rings. The van der Waals surface area contributed by atoms with Gasteiger partial charge >= 0.3 is 0 Å². The Balaban J connectivity index is 2.57. The van der Waals surface area contributed by atoms with Crippen molar-refractivity contribution in [1.82, 2.24) is 9.80 Å². The van der Waals surface area contributed by atoms with Crippen LogP contribution in [0.5, 0.6) is 5.75 Å². The average molecular weight is 332 g/mol. The second-order valence-electron chi connectivity index (χ2n) is 5.28. The van der Waals surface area contributed by atoms with Crippen molar-refractivity contribution in [1.29, 1.82) is 5.26 Å². The third-order valence-corrected chi connectivity index (χ3v) is 3.54. The van der Waals surface area contributed by atoms with Crippen molar-refractivity contribution in [3.8, 4) is 11.8 Å². The molecule has 0 atom stereocenters. The fraction of sp³-hybridized carbons (Fsp3) is 0.471. The van der Waals surface area contributed by atoms with Crippen LogP contribution in [0.25, 0.3) is 0 Å². The summed E-state index contributed by atoms with van der Waals surface area (Å²) in [7, 11) is 3.20. The van der Waals surface area contributed by atoms with Crippen LogP contribution in [0.1, 0.15) is 13.3 Å². The monoisotopic (exact) mass is 332 g/mol. The number of amides is 2. The van der Waals surface area contributed by atoms with Crippen LogP contribution in [-0.4, -0.2) is 62.0 Å². The van der Waals surface area contributed by atoms with Gasteiger partial charge in [-0.3, -0.25) is 14.5 Å². The third kappa shape index (κ3) is 6.26. The third-order valence-electron chi connectivity index (χ3n) is 3.54. The van der Waals surface area contributed by atoms with Gasteiger partial charge < -0.3 is 15.0 Å². The first-order chi connectivity index (χ1) is 11.5. The number of methoxy groups -OCH3 is 1. The van der Waals surface area contributed by atoms with Crippen LogP contribution in [0.4, 0.5) is 5.69 Å². The lowest BCUT2D eigenvalue weighted by Gasteiger charge is -2.23. The van der Waals surface area contributed by atoms with E-state index in [-0.39, 0.29) is 24.9 Å². The number of hydrogen-bond donors (Lipinski definition) is 1. The molecule has 2 amide bonds. The summed E-state index contributed by atoms with van der Waals surface area (Å²) in [5, 5.41) is 11.4. The number of nitrogens with zero attached hydrogens (tertiary/aromatic N) is 3. The molecule has 7 heteroatoms. The van der Waals surface area contributed by atoms with Crippen molar-refractivity contribution < 1.29 is 14.3 Å². The predicted octanol–water partition coefficient (Wildman–Crippen LogP) is 1.33. The van der Waals surface area contributed by atoms with E-state index in [9.17, 15) is 9.59 Å². The molecule has 0 spiro atoms. The van der Waals surface area contributed by atoms with Crippen LogP contribution in [0.3, 0.4) is 0 Å². The number of hydrogen-bond acceptors (Lipinski definition) is 5. The van der Waals surface area contributed by atoms with Crippen molar-refractivity contribution in [3.05, 3.63) is 24.3 Å². The van der Waals surface area contributed by atoms with E-state index in [1.54, 1.807) is 31.2 Å². The van der Waals surface area contributed by atoms with Crippen molar-refractivity contribution in [2.24, 2.45) is 0 Å². The first-order valence-corrected chi connectivity index (χ1v) is 7.78. The standard InChI is InChI=1S/C17H24N4O3/c1-4-21(13-17(23)20(2)11-7-10-18)12-16(22)19-14-8-5-6-9-15(14)24-3/h5-6,8-9H,4,7,11-13H2,1-3H3,(H,19,22). The zero-order valence-corrected chi connectivity index (χ0v) is 14.4. The van der Waals surface area contributed by atoms with E-state index in [1.165, 1.54) is 4.90 Å². The molecule has 0 unspecified atom stereocenters. The zero-order chi connectivity index (χ0) is 17.9. The largest absolute Gasteiger partial charge is 0.495 e. The highest BCUT2D eigenvalue weighted by Crippen LogP contribution is 2.22. The summed E-state index contributed by atoms with van der Waals surface area (Å²) in [5.41, 5.74) is 0.596. The summed E-state index contributed by atoms with van der Waals surface area (Å²) in [4.78, 5) is 27.5. The summed E-state index contributed by atoms with van der Waals surface area (Å²) in [6.45, 7) is 3.08. The maximum atomic E-state index is 12.2. The highest BCUT2D eigenvalue weighted by atomic mass is 16.5. The van der Waals surface area contributed by atoms with Crippen LogP contribution in [0.2, 0.25) is 0 Å². The van der Waals surface area contributed by atoms with Crippen molar-refractivity contribution in [2.45, 2.75) is 13.3 Å². The predicted molar refractivity (Wildman–Crippen MR) is 91.6 cm³/mol. The number of carbonyl (C=O) groups excluding carboxylic acids is 2. The SMILES string of the molecule is CCN(CC(=O)Nc1ccccc1OC)CC(=O)N(C)CCC#N. The lowest BCUT2D eigenvalue weighted by Crippen LogP contribution is -2.42. The molecule has 0 radical (unpaired) electrons. The molecule has 0 heterocycles. The minimum Gasteiger partial charge on any atom is -0.495 e. The molecule has 0 fully saturated rings. The van der Waals surface area contributed by atoms with Gasteiger partial charge in [-0.2, -0.15) is 5.26 Å². The number of nitrogens with one attached hydrogen (secondary N) is 1. The molecule has 0 saturated carbocycles. The summed E-state index contributed by atoms with van der Waals surface area (Å²) in [5.74, 6) is 0.257. The zero-order valence-electron chi connectivity index (χ0n) is 14.4. The molecule has 1 aromatic carbocycles. The first kappa shape index (κ1) is 19.5. The number of carbonyl (C=O) groups is 2. The average Bonchev–Trinajstić information content (AvgIpc) is 2.59. The Morgan fingerprint density at radius 3 is 2.62 bits per heavy atom. The van der Waals surface area contributed by atoms with Gasteiger partial charge in [0.05, 0.1) is 38.4 Å². The van der Waals surface area contributed by atoms with Gasteiger partial charge in [0.1, 0.15) is 5.75 Å². The number of anilines is 1. The Bertz CT molecular complexity index is 598. The van der Waals surface area contributed by atoms with E-state index < -0.39 is 0 Å². The Morgan fingerprint density at radius 1 is 1.29 bits per heavy atom. The molecule has 0 aliphatic carbocycles. The molecule has 0 aromatic heterocycles. The van der Waals surface area contributed by atoms with Crippen molar-refractivity contribution in [2.75, 3.05) is 45.7 Å².